The molecule has 1 saturated heterocycles. The quantitative estimate of drug-likeness (QED) is 0.523. The molecular weight excluding hydrogens is 433 g/mol. The number of hydrogen-bond donors (Lipinski definition) is 1. The Labute approximate surface area is 195 Å². The molecule has 1 N–H and O–H groups in total. The fraction of sp³-hybridized carbons (Fsp3) is 0.250. The Balaban J connectivity index is 0.00000171. The van der Waals surface area contributed by atoms with Crippen LogP contribution in [0.2, 0.25) is 0 Å². The van der Waals surface area contributed by atoms with Crippen LogP contribution < -0.4 is 5.32 Å². The predicted octanol–water partition coefficient (Wildman–Crippen LogP) is 5.81. The number of amides is 1. The molecule has 164 valence electrons. The number of nitrogens with one attached hydrogen (secondary N) is 1. The number of anilines is 1. The Bertz CT molecular complexity index is 934. The molecule has 7 heteroatoms. The molecule has 0 unspecified atom stereocenters. The first-order valence-electron chi connectivity index (χ1n) is 10.0. The average molecular weight is 460 g/mol. The standard InChI is InChI=1S/C24H25N3O2.2ClH/c28-24(26-23-12-5-4-11-22(23)19-8-2-1-3-9-19)29-21-13-16-27(17-14-21)18-20-10-6-7-15-25-20;;/h1-12,15,21H,13-14,16-18H2,(H,26,28);2*1H. The largest absolute Gasteiger partial charge is 0.446 e. The third-order valence-electron chi connectivity index (χ3n) is 5.17. The molecule has 3 aromatic rings. The second kappa shape index (κ2) is 12.3. The smallest absolute Gasteiger partial charge is 0.411 e. The number of likely N-dealkylation sites (tertiary alicyclic amines) is 1. The van der Waals surface area contributed by atoms with Crippen molar-refractivity contribution in [1.82, 2.24) is 9.88 Å². The van der Waals surface area contributed by atoms with Crippen molar-refractivity contribution >= 4 is 36.6 Å². The molecule has 1 aliphatic heterocycles. The third-order valence-corrected chi connectivity index (χ3v) is 5.17. The zero-order valence-corrected chi connectivity index (χ0v) is 18.8. The van der Waals surface area contributed by atoms with Crippen molar-refractivity contribution in [3.8, 4) is 11.1 Å². The van der Waals surface area contributed by atoms with Gasteiger partial charge in [-0.2, -0.15) is 0 Å². The molecule has 1 aliphatic rings. The maximum absolute atomic E-state index is 12.5. The van der Waals surface area contributed by atoms with Crippen LogP contribution in [0.4, 0.5) is 10.5 Å². The Morgan fingerprint density at radius 2 is 1.61 bits per heavy atom. The number of rotatable bonds is 5. The minimum Gasteiger partial charge on any atom is -0.446 e. The van der Waals surface area contributed by atoms with Crippen LogP contribution in [0.1, 0.15) is 18.5 Å². The zero-order chi connectivity index (χ0) is 19.9. The summed E-state index contributed by atoms with van der Waals surface area (Å²) < 4.78 is 5.69. The summed E-state index contributed by atoms with van der Waals surface area (Å²) in [5, 5.41) is 2.92. The van der Waals surface area contributed by atoms with E-state index < -0.39 is 6.09 Å². The molecule has 0 aliphatic carbocycles. The Kier molecular flexibility index (Phi) is 9.79. The number of ether oxygens (including phenoxy) is 1. The molecule has 4 rings (SSSR count). The van der Waals surface area contributed by atoms with Gasteiger partial charge in [0.2, 0.25) is 0 Å². The summed E-state index contributed by atoms with van der Waals surface area (Å²) in [5.74, 6) is 0. The van der Waals surface area contributed by atoms with Crippen molar-refractivity contribution in [1.29, 1.82) is 0 Å². The van der Waals surface area contributed by atoms with Crippen molar-refractivity contribution in [2.24, 2.45) is 0 Å². The average Bonchev–Trinajstić information content (AvgIpc) is 2.77. The first-order chi connectivity index (χ1) is 14.3. The number of halogens is 2. The van der Waals surface area contributed by atoms with Crippen LogP contribution in [0.5, 0.6) is 0 Å². The van der Waals surface area contributed by atoms with E-state index in [0.717, 1.165) is 55.0 Å². The van der Waals surface area contributed by atoms with Crippen molar-refractivity contribution in [2.75, 3.05) is 18.4 Å². The van der Waals surface area contributed by atoms with Crippen LogP contribution in [0.25, 0.3) is 11.1 Å². The van der Waals surface area contributed by atoms with Gasteiger partial charge in [-0.1, -0.05) is 54.6 Å². The van der Waals surface area contributed by atoms with Gasteiger partial charge < -0.3 is 4.74 Å². The van der Waals surface area contributed by atoms with E-state index >= 15 is 0 Å². The van der Waals surface area contributed by atoms with E-state index in [2.05, 4.69) is 15.2 Å². The fourth-order valence-corrected chi connectivity index (χ4v) is 3.66. The highest BCUT2D eigenvalue weighted by atomic mass is 35.5. The summed E-state index contributed by atoms with van der Waals surface area (Å²) in [4.78, 5) is 19.2. The SMILES string of the molecule is Cl.Cl.O=C(Nc1ccccc1-c1ccccc1)OC1CCN(Cc2ccccn2)CC1. The first kappa shape index (κ1) is 24.7. The Morgan fingerprint density at radius 1 is 0.935 bits per heavy atom. The van der Waals surface area contributed by atoms with Gasteiger partial charge in [-0.25, -0.2) is 4.79 Å². The summed E-state index contributed by atoms with van der Waals surface area (Å²) in [5.41, 5.74) is 3.87. The topological polar surface area (TPSA) is 54.5 Å². The van der Waals surface area contributed by atoms with Crippen LogP contribution in [0.15, 0.2) is 79.0 Å². The highest BCUT2D eigenvalue weighted by Crippen LogP contribution is 2.28. The van der Waals surface area contributed by atoms with Crippen LogP contribution in [-0.4, -0.2) is 35.2 Å². The lowest BCUT2D eigenvalue weighted by molar-refractivity contribution is 0.0563. The molecule has 1 aromatic heterocycles. The molecule has 0 spiro atoms. The van der Waals surface area contributed by atoms with E-state index in [1.165, 1.54) is 0 Å². The predicted molar refractivity (Wildman–Crippen MR) is 129 cm³/mol. The number of carbonyl (C=O) groups excluding carboxylic acids is 1. The number of para-hydroxylation sites is 1. The third kappa shape index (κ3) is 6.96. The second-order valence-corrected chi connectivity index (χ2v) is 7.24. The summed E-state index contributed by atoms with van der Waals surface area (Å²) in [6.45, 7) is 2.63. The molecular formula is C24H27Cl2N3O2. The van der Waals surface area contributed by atoms with E-state index in [1.807, 2.05) is 79.0 Å². The van der Waals surface area contributed by atoms with Gasteiger partial charge in [-0.05, 0) is 36.6 Å². The van der Waals surface area contributed by atoms with Gasteiger partial charge in [-0.3, -0.25) is 15.2 Å². The zero-order valence-electron chi connectivity index (χ0n) is 17.1. The van der Waals surface area contributed by atoms with Gasteiger partial charge >= 0.3 is 6.09 Å². The minimum absolute atomic E-state index is 0. The van der Waals surface area contributed by atoms with Gasteiger partial charge in [0.25, 0.3) is 0 Å². The van der Waals surface area contributed by atoms with Gasteiger partial charge in [0.05, 0.1) is 11.4 Å². The van der Waals surface area contributed by atoms with E-state index in [4.69, 9.17) is 4.74 Å². The van der Waals surface area contributed by atoms with E-state index in [9.17, 15) is 4.79 Å². The maximum Gasteiger partial charge on any atom is 0.411 e. The summed E-state index contributed by atoms with van der Waals surface area (Å²) >= 11 is 0. The van der Waals surface area contributed by atoms with E-state index in [1.54, 1.807) is 0 Å². The molecule has 1 amide bonds. The molecule has 5 nitrogen and oxygen atoms in total. The number of nitrogens with zero attached hydrogens (tertiary/aromatic N) is 2. The van der Waals surface area contributed by atoms with Crippen LogP contribution >= 0.6 is 24.8 Å². The summed E-state index contributed by atoms with van der Waals surface area (Å²) in [6, 6.07) is 23.8. The molecule has 1 fully saturated rings. The molecule has 31 heavy (non-hydrogen) atoms. The number of piperidine rings is 1. The summed E-state index contributed by atoms with van der Waals surface area (Å²) in [7, 11) is 0. The molecule has 0 saturated carbocycles. The monoisotopic (exact) mass is 459 g/mol. The van der Waals surface area contributed by atoms with Crippen molar-refractivity contribution in [3.63, 3.8) is 0 Å². The number of pyridine rings is 1. The number of aromatic nitrogens is 1. The fourth-order valence-electron chi connectivity index (χ4n) is 3.66. The minimum atomic E-state index is -0.392. The van der Waals surface area contributed by atoms with E-state index in [0.29, 0.717) is 0 Å². The first-order valence-corrected chi connectivity index (χ1v) is 10.0. The highest BCUT2D eigenvalue weighted by Gasteiger charge is 2.23. The Hall–Kier alpha value is -2.60. The van der Waals surface area contributed by atoms with Crippen molar-refractivity contribution in [3.05, 3.63) is 84.7 Å². The lowest BCUT2D eigenvalue weighted by atomic mass is 10.0. The van der Waals surface area contributed by atoms with Gasteiger partial charge in [-0.15, -0.1) is 24.8 Å². The summed E-state index contributed by atoms with van der Waals surface area (Å²) in [6.07, 6.45) is 3.04. The van der Waals surface area contributed by atoms with Gasteiger partial charge in [0, 0.05) is 31.4 Å². The van der Waals surface area contributed by atoms with Crippen LogP contribution in [-0.2, 0) is 11.3 Å². The van der Waals surface area contributed by atoms with Gasteiger partial charge in [0.1, 0.15) is 6.10 Å². The van der Waals surface area contributed by atoms with Crippen molar-refractivity contribution in [2.45, 2.75) is 25.5 Å². The molecule has 0 atom stereocenters. The lowest BCUT2D eigenvalue weighted by Crippen LogP contribution is -2.38. The highest BCUT2D eigenvalue weighted by molar-refractivity contribution is 5.91. The molecule has 2 aromatic carbocycles. The number of hydrogen-bond acceptors (Lipinski definition) is 4. The molecule has 2 heterocycles. The second-order valence-electron chi connectivity index (χ2n) is 7.24. The van der Waals surface area contributed by atoms with Crippen LogP contribution in [0.3, 0.4) is 0 Å². The van der Waals surface area contributed by atoms with Gasteiger partial charge in [0.15, 0.2) is 0 Å². The maximum atomic E-state index is 12.5. The van der Waals surface area contributed by atoms with Crippen LogP contribution in [0, 0.1) is 0 Å². The van der Waals surface area contributed by atoms with E-state index in [-0.39, 0.29) is 30.9 Å². The number of carbonyl (C=O) groups is 1. The Morgan fingerprint density at radius 3 is 2.32 bits per heavy atom. The lowest BCUT2D eigenvalue weighted by Gasteiger charge is -2.31. The van der Waals surface area contributed by atoms with Crippen molar-refractivity contribution < 1.29 is 9.53 Å². The molecule has 0 radical (unpaired) electrons. The number of benzene rings is 2. The normalized spacial score (nSPS) is 14.1. The molecule has 0 bridgehead atoms.